The first-order valence-corrected chi connectivity index (χ1v) is 6.64. The first-order valence-electron chi connectivity index (χ1n) is 5.27. The predicted octanol–water partition coefficient (Wildman–Crippen LogP) is 1.62. The van der Waals surface area contributed by atoms with Gasteiger partial charge in [0.15, 0.2) is 0 Å². The fraction of sp³-hybridized carbons (Fsp3) is 0.364. The molecule has 0 amide bonds. The second-order valence-electron chi connectivity index (χ2n) is 3.85. The van der Waals surface area contributed by atoms with Crippen molar-refractivity contribution in [1.82, 2.24) is 0 Å². The molecular weight excluding hydrogens is 278 g/mol. The number of thioether (sulfide) groups is 1. The highest BCUT2D eigenvalue weighted by Crippen LogP contribution is 2.30. The van der Waals surface area contributed by atoms with Crippen LogP contribution >= 0.6 is 23.4 Å². The van der Waals surface area contributed by atoms with Crippen LogP contribution in [0.15, 0.2) is 24.3 Å². The van der Waals surface area contributed by atoms with Crippen LogP contribution in [0.4, 0.5) is 10.5 Å². The van der Waals surface area contributed by atoms with Gasteiger partial charge in [-0.25, -0.2) is 4.79 Å². The number of ether oxygens (including phenoxy) is 1. The molecule has 1 aliphatic heterocycles. The molecule has 0 atom stereocenters. The third-order valence-electron chi connectivity index (χ3n) is 2.47. The Bertz CT molecular complexity index is 454. The van der Waals surface area contributed by atoms with Crippen LogP contribution in [0.5, 0.6) is 5.75 Å². The Morgan fingerprint density at radius 1 is 1.50 bits per heavy atom. The van der Waals surface area contributed by atoms with Crippen LogP contribution in [0.25, 0.3) is 0 Å². The maximum absolute atomic E-state index is 10.7. The van der Waals surface area contributed by atoms with Gasteiger partial charge < -0.3 is 19.8 Å². The molecule has 2 N–H and O–H groups in total. The van der Waals surface area contributed by atoms with Gasteiger partial charge >= 0.3 is 5.43 Å². The van der Waals surface area contributed by atoms with Gasteiger partial charge in [-0.1, -0.05) is 17.8 Å². The molecular formula is C11H12ClNO4S. The van der Waals surface area contributed by atoms with E-state index in [0.29, 0.717) is 18.0 Å². The Morgan fingerprint density at radius 2 is 2.28 bits per heavy atom. The van der Waals surface area contributed by atoms with Crippen molar-refractivity contribution in [2.45, 2.75) is 5.12 Å². The van der Waals surface area contributed by atoms with Crippen molar-refractivity contribution in [3.05, 3.63) is 24.3 Å². The molecule has 98 valence electrons. The molecule has 1 fully saturated rings. The SMILES string of the molecule is O=C(Cl)Oc1cccc(N2CCSC(O)(O)C2)c1. The van der Waals surface area contributed by atoms with Gasteiger partial charge in [-0.2, -0.15) is 0 Å². The quantitative estimate of drug-likeness (QED) is 0.637. The third-order valence-corrected chi connectivity index (χ3v) is 3.53. The summed E-state index contributed by atoms with van der Waals surface area (Å²) in [6.07, 6.45) is 0. The van der Waals surface area contributed by atoms with Crippen LogP contribution in [0.2, 0.25) is 0 Å². The first kappa shape index (κ1) is 13.5. The highest BCUT2D eigenvalue weighted by molar-refractivity contribution is 8.00. The standard InChI is InChI=1S/C11H12ClNO4S/c12-10(14)17-9-3-1-2-8(6-9)13-4-5-18-11(15,16)7-13/h1-3,6,15-16H,4-5,7H2. The van der Waals surface area contributed by atoms with Crippen LogP contribution < -0.4 is 9.64 Å². The van der Waals surface area contributed by atoms with Gasteiger partial charge in [0, 0.05) is 35.7 Å². The molecule has 0 aromatic heterocycles. The van der Waals surface area contributed by atoms with E-state index in [0.717, 1.165) is 17.4 Å². The summed E-state index contributed by atoms with van der Waals surface area (Å²) in [6.45, 7) is 0.780. The zero-order valence-corrected chi connectivity index (χ0v) is 10.9. The van der Waals surface area contributed by atoms with E-state index in [2.05, 4.69) is 0 Å². The zero-order chi connectivity index (χ0) is 13.2. The predicted molar refractivity (Wildman–Crippen MR) is 70.2 cm³/mol. The van der Waals surface area contributed by atoms with Gasteiger partial charge in [0.25, 0.3) is 0 Å². The second kappa shape index (κ2) is 5.36. The van der Waals surface area contributed by atoms with Crippen LogP contribution in [-0.4, -0.2) is 39.6 Å². The number of carbonyl (C=O) groups is 1. The molecule has 18 heavy (non-hydrogen) atoms. The lowest BCUT2D eigenvalue weighted by molar-refractivity contribution is -0.0698. The molecule has 1 heterocycles. The Kier molecular flexibility index (Phi) is 4.01. The molecule has 1 aromatic rings. The van der Waals surface area contributed by atoms with E-state index in [4.69, 9.17) is 16.3 Å². The van der Waals surface area contributed by atoms with Crippen molar-refractivity contribution in [3.8, 4) is 5.75 Å². The highest BCUT2D eigenvalue weighted by atomic mass is 35.5. The normalized spacial score (nSPS) is 18.5. The molecule has 0 saturated carbocycles. The molecule has 0 unspecified atom stereocenters. The fourth-order valence-corrected chi connectivity index (χ4v) is 2.72. The van der Waals surface area contributed by atoms with E-state index in [1.54, 1.807) is 24.3 Å². The summed E-state index contributed by atoms with van der Waals surface area (Å²) in [5, 5.41) is 17.4. The molecule has 5 nitrogen and oxygen atoms in total. The van der Waals surface area contributed by atoms with E-state index in [1.807, 2.05) is 4.90 Å². The maximum atomic E-state index is 10.7. The minimum Gasteiger partial charge on any atom is -0.414 e. The lowest BCUT2D eigenvalue weighted by Crippen LogP contribution is -2.46. The summed E-state index contributed by atoms with van der Waals surface area (Å²) >= 11 is 6.23. The Morgan fingerprint density at radius 3 is 2.94 bits per heavy atom. The van der Waals surface area contributed by atoms with Crippen molar-refractivity contribution >= 4 is 34.5 Å². The van der Waals surface area contributed by atoms with E-state index < -0.39 is 10.5 Å². The summed E-state index contributed by atoms with van der Waals surface area (Å²) in [4.78, 5) is 12.5. The molecule has 0 spiro atoms. The summed E-state index contributed by atoms with van der Waals surface area (Å²) in [6, 6.07) is 6.75. The van der Waals surface area contributed by atoms with E-state index in [1.165, 1.54) is 0 Å². The number of hydrogen-bond donors (Lipinski definition) is 2. The summed E-state index contributed by atoms with van der Waals surface area (Å²) in [7, 11) is 0. The molecule has 7 heteroatoms. The van der Waals surface area contributed by atoms with Crippen LogP contribution in [0, 0.1) is 0 Å². The Balaban J connectivity index is 2.15. The maximum Gasteiger partial charge on any atom is 0.409 e. The molecule has 1 aliphatic rings. The van der Waals surface area contributed by atoms with Crippen LogP contribution in [0.3, 0.4) is 0 Å². The van der Waals surface area contributed by atoms with Gasteiger partial charge in [0.1, 0.15) is 5.75 Å². The topological polar surface area (TPSA) is 70.0 Å². The number of benzene rings is 1. The zero-order valence-electron chi connectivity index (χ0n) is 9.38. The molecule has 0 aliphatic carbocycles. The van der Waals surface area contributed by atoms with Crippen molar-refractivity contribution in [1.29, 1.82) is 0 Å². The summed E-state index contributed by atoms with van der Waals surface area (Å²) in [5.74, 6) is 0.930. The first-order chi connectivity index (χ1) is 8.46. The largest absolute Gasteiger partial charge is 0.414 e. The van der Waals surface area contributed by atoms with Crippen molar-refractivity contribution in [2.24, 2.45) is 0 Å². The molecule has 1 aromatic carbocycles. The van der Waals surface area contributed by atoms with Crippen molar-refractivity contribution in [3.63, 3.8) is 0 Å². The minimum atomic E-state index is -1.75. The lowest BCUT2D eigenvalue weighted by Gasteiger charge is -2.36. The van der Waals surface area contributed by atoms with Gasteiger partial charge in [-0.15, -0.1) is 0 Å². The van der Waals surface area contributed by atoms with Gasteiger partial charge in [-0.3, -0.25) is 0 Å². The molecule has 2 rings (SSSR count). The number of halogens is 1. The average molecular weight is 290 g/mol. The molecule has 0 radical (unpaired) electrons. The number of rotatable bonds is 2. The number of hydrogen-bond acceptors (Lipinski definition) is 6. The smallest absolute Gasteiger partial charge is 0.409 e. The highest BCUT2D eigenvalue weighted by Gasteiger charge is 2.31. The number of aliphatic hydroxyl groups is 2. The number of anilines is 1. The number of nitrogens with zero attached hydrogens (tertiary/aromatic N) is 1. The lowest BCUT2D eigenvalue weighted by atomic mass is 10.2. The van der Waals surface area contributed by atoms with Crippen molar-refractivity contribution < 1.29 is 19.7 Å². The van der Waals surface area contributed by atoms with E-state index in [-0.39, 0.29) is 6.54 Å². The van der Waals surface area contributed by atoms with Gasteiger partial charge in [0.2, 0.25) is 5.12 Å². The van der Waals surface area contributed by atoms with Crippen molar-refractivity contribution in [2.75, 3.05) is 23.7 Å². The van der Waals surface area contributed by atoms with Crippen LogP contribution in [0.1, 0.15) is 0 Å². The monoisotopic (exact) mass is 289 g/mol. The molecule has 1 saturated heterocycles. The fourth-order valence-electron chi connectivity index (χ4n) is 1.75. The number of carbonyl (C=O) groups excluding carboxylic acids is 1. The average Bonchev–Trinajstić information content (AvgIpc) is 2.27. The number of β-amino-alcohol motifs (C(OH)–C–C–N with tert-alkyl or cyclic N) is 2. The van der Waals surface area contributed by atoms with E-state index >= 15 is 0 Å². The summed E-state index contributed by atoms with van der Waals surface area (Å²) < 4.78 is 4.77. The van der Waals surface area contributed by atoms with Crippen LogP contribution in [-0.2, 0) is 0 Å². The summed E-state index contributed by atoms with van der Waals surface area (Å²) in [5.41, 5.74) is -0.154. The van der Waals surface area contributed by atoms with E-state index in [9.17, 15) is 15.0 Å². The Hall–Kier alpha value is -0.950. The Labute approximate surface area is 113 Å². The van der Waals surface area contributed by atoms with Gasteiger partial charge in [-0.05, 0) is 12.1 Å². The molecule has 0 bridgehead atoms. The third kappa shape index (κ3) is 3.52. The second-order valence-corrected chi connectivity index (χ2v) is 5.51. The van der Waals surface area contributed by atoms with Gasteiger partial charge in [0.05, 0.1) is 6.54 Å². The minimum absolute atomic E-state index is 0.0932.